The molecule has 0 saturated heterocycles. The molecule has 0 aliphatic heterocycles. The van der Waals surface area contributed by atoms with Gasteiger partial charge in [-0.1, -0.05) is 12.1 Å². The van der Waals surface area contributed by atoms with Crippen molar-refractivity contribution in [3.8, 4) is 0 Å². The van der Waals surface area contributed by atoms with Crippen molar-refractivity contribution in [2.75, 3.05) is 5.32 Å². The number of benzene rings is 1. The van der Waals surface area contributed by atoms with Crippen LogP contribution < -0.4 is 5.32 Å². The number of para-hydroxylation sites is 1. The molecule has 1 N–H and O–H groups in total. The maximum absolute atomic E-state index is 12.8. The Balaban J connectivity index is 2.38. The predicted octanol–water partition coefficient (Wildman–Crippen LogP) is 3.86. The van der Waals surface area contributed by atoms with Crippen LogP contribution in [0.2, 0.25) is 0 Å². The van der Waals surface area contributed by atoms with Gasteiger partial charge in [0, 0.05) is 11.4 Å². The number of rotatable bonds is 2. The van der Waals surface area contributed by atoms with E-state index >= 15 is 0 Å². The molecule has 0 unspecified atom stereocenters. The third-order valence-corrected chi connectivity index (χ3v) is 2.46. The van der Waals surface area contributed by atoms with Crippen molar-refractivity contribution in [1.82, 2.24) is 9.97 Å². The number of hydrogen-bond acceptors (Lipinski definition) is 3. The van der Waals surface area contributed by atoms with E-state index in [9.17, 15) is 13.2 Å². The van der Waals surface area contributed by atoms with Gasteiger partial charge in [-0.2, -0.15) is 13.2 Å². The first-order valence-corrected chi connectivity index (χ1v) is 5.62. The number of aromatic nitrogens is 2. The molecule has 0 bridgehead atoms. The second-order valence-electron chi connectivity index (χ2n) is 4.14. The smallest absolute Gasteiger partial charge is 0.324 e. The first kappa shape index (κ1) is 13.3. The molecule has 1 aromatic heterocycles. The van der Waals surface area contributed by atoms with Gasteiger partial charge >= 0.3 is 6.18 Å². The molecule has 0 amide bonds. The van der Waals surface area contributed by atoms with E-state index in [1.807, 2.05) is 0 Å². The summed E-state index contributed by atoms with van der Waals surface area (Å²) in [6, 6.07) is 6.99. The zero-order valence-corrected chi connectivity index (χ0v) is 10.4. The fraction of sp³-hybridized carbons (Fsp3) is 0.231. The highest BCUT2D eigenvalue weighted by Crippen LogP contribution is 2.35. The molecule has 6 heteroatoms. The highest BCUT2D eigenvalue weighted by molar-refractivity contribution is 5.59. The third kappa shape index (κ3) is 3.21. The van der Waals surface area contributed by atoms with Crippen LogP contribution in [0.1, 0.15) is 17.0 Å². The molecule has 1 heterocycles. The average Bonchev–Trinajstić information content (AvgIpc) is 2.26. The molecule has 2 rings (SSSR count). The minimum Gasteiger partial charge on any atom is -0.324 e. The monoisotopic (exact) mass is 267 g/mol. The summed E-state index contributed by atoms with van der Waals surface area (Å²) in [5.74, 6) is 0.161. The van der Waals surface area contributed by atoms with Crippen molar-refractivity contribution in [3.05, 3.63) is 47.3 Å². The lowest BCUT2D eigenvalue weighted by Crippen LogP contribution is -2.10. The van der Waals surface area contributed by atoms with E-state index in [1.54, 1.807) is 19.9 Å². The quantitative estimate of drug-likeness (QED) is 0.897. The summed E-state index contributed by atoms with van der Waals surface area (Å²) in [5.41, 5.74) is 0.594. The lowest BCUT2D eigenvalue weighted by Gasteiger charge is -2.13. The number of nitrogens with one attached hydrogen (secondary N) is 1. The van der Waals surface area contributed by atoms with Crippen LogP contribution in [0.4, 0.5) is 24.8 Å². The van der Waals surface area contributed by atoms with Crippen LogP contribution in [-0.4, -0.2) is 9.97 Å². The van der Waals surface area contributed by atoms with Crippen molar-refractivity contribution in [3.63, 3.8) is 0 Å². The van der Waals surface area contributed by atoms with Crippen LogP contribution in [0.5, 0.6) is 0 Å². The number of nitrogens with zero attached hydrogens (tertiary/aromatic N) is 2. The van der Waals surface area contributed by atoms with Gasteiger partial charge in [-0.25, -0.2) is 9.97 Å². The fourth-order valence-electron chi connectivity index (χ4n) is 1.74. The summed E-state index contributed by atoms with van der Waals surface area (Å²) in [5, 5.41) is 2.62. The second kappa shape index (κ2) is 4.87. The zero-order chi connectivity index (χ0) is 14.0. The summed E-state index contributed by atoms with van der Waals surface area (Å²) >= 11 is 0. The first-order valence-electron chi connectivity index (χ1n) is 5.62. The largest absolute Gasteiger partial charge is 0.418 e. The summed E-state index contributed by atoms with van der Waals surface area (Å²) < 4.78 is 38.5. The maximum Gasteiger partial charge on any atom is 0.418 e. The molecule has 3 nitrogen and oxygen atoms in total. The van der Waals surface area contributed by atoms with Crippen LogP contribution in [0.3, 0.4) is 0 Å². The summed E-state index contributed by atoms with van der Waals surface area (Å²) in [7, 11) is 0. The van der Waals surface area contributed by atoms with Gasteiger partial charge in [0.15, 0.2) is 0 Å². The maximum atomic E-state index is 12.8. The average molecular weight is 267 g/mol. The number of halogens is 3. The first-order chi connectivity index (χ1) is 8.86. The minimum absolute atomic E-state index is 0.0556. The zero-order valence-electron chi connectivity index (χ0n) is 10.4. The molecule has 19 heavy (non-hydrogen) atoms. The number of alkyl halides is 3. The fourth-order valence-corrected chi connectivity index (χ4v) is 1.74. The standard InChI is InChI=1S/C13H12F3N3/c1-8-7-9(2)18-12(17-8)19-11-6-4-3-5-10(11)13(14,15)16/h3-7H,1-2H3,(H,17,18,19). The summed E-state index contributed by atoms with van der Waals surface area (Å²) in [6.45, 7) is 3.52. The van der Waals surface area contributed by atoms with Crippen molar-refractivity contribution in [2.24, 2.45) is 0 Å². The van der Waals surface area contributed by atoms with Gasteiger partial charge in [-0.15, -0.1) is 0 Å². The van der Waals surface area contributed by atoms with E-state index in [0.29, 0.717) is 11.4 Å². The summed E-state index contributed by atoms with van der Waals surface area (Å²) in [6.07, 6.45) is -4.41. The van der Waals surface area contributed by atoms with E-state index in [2.05, 4.69) is 15.3 Å². The molecule has 0 aliphatic carbocycles. The normalized spacial score (nSPS) is 11.4. The second-order valence-corrected chi connectivity index (χ2v) is 4.14. The Kier molecular flexibility index (Phi) is 3.42. The third-order valence-electron chi connectivity index (χ3n) is 2.46. The van der Waals surface area contributed by atoms with Crippen LogP contribution in [0.25, 0.3) is 0 Å². The van der Waals surface area contributed by atoms with Gasteiger partial charge in [0.2, 0.25) is 5.95 Å². The van der Waals surface area contributed by atoms with Crippen LogP contribution in [-0.2, 0) is 6.18 Å². The topological polar surface area (TPSA) is 37.8 Å². The highest BCUT2D eigenvalue weighted by Gasteiger charge is 2.33. The van der Waals surface area contributed by atoms with Crippen molar-refractivity contribution in [1.29, 1.82) is 0 Å². The number of aryl methyl sites for hydroxylation is 2. The van der Waals surface area contributed by atoms with E-state index in [1.165, 1.54) is 18.2 Å². The molecule has 1 aromatic carbocycles. The molecule has 0 atom stereocenters. The van der Waals surface area contributed by atoms with Crippen molar-refractivity contribution >= 4 is 11.6 Å². The van der Waals surface area contributed by atoms with Gasteiger partial charge in [-0.05, 0) is 32.0 Å². The molecule has 0 saturated carbocycles. The van der Waals surface area contributed by atoms with Crippen LogP contribution in [0.15, 0.2) is 30.3 Å². The Morgan fingerprint density at radius 2 is 1.58 bits per heavy atom. The molecule has 2 aromatic rings. The highest BCUT2D eigenvalue weighted by atomic mass is 19.4. The van der Waals surface area contributed by atoms with Gasteiger partial charge in [-0.3, -0.25) is 0 Å². The van der Waals surface area contributed by atoms with Crippen LogP contribution in [0, 0.1) is 13.8 Å². The van der Waals surface area contributed by atoms with Gasteiger partial charge < -0.3 is 5.32 Å². The lowest BCUT2D eigenvalue weighted by atomic mass is 10.1. The molecular weight excluding hydrogens is 255 g/mol. The molecule has 0 spiro atoms. The lowest BCUT2D eigenvalue weighted by molar-refractivity contribution is -0.136. The van der Waals surface area contributed by atoms with E-state index in [0.717, 1.165) is 6.07 Å². The number of hydrogen-bond donors (Lipinski definition) is 1. The Morgan fingerprint density at radius 3 is 2.16 bits per heavy atom. The van der Waals surface area contributed by atoms with Gasteiger partial charge in [0.1, 0.15) is 0 Å². The van der Waals surface area contributed by atoms with E-state index in [-0.39, 0.29) is 11.6 Å². The SMILES string of the molecule is Cc1cc(C)nc(Nc2ccccc2C(F)(F)F)n1. The molecule has 0 aliphatic rings. The van der Waals surface area contributed by atoms with Gasteiger partial charge in [0.25, 0.3) is 0 Å². The minimum atomic E-state index is -4.41. The van der Waals surface area contributed by atoms with Crippen molar-refractivity contribution in [2.45, 2.75) is 20.0 Å². The Hall–Kier alpha value is -2.11. The van der Waals surface area contributed by atoms with Crippen LogP contribution >= 0.6 is 0 Å². The Morgan fingerprint density at radius 1 is 1.00 bits per heavy atom. The predicted molar refractivity (Wildman–Crippen MR) is 66.2 cm³/mol. The Bertz CT molecular complexity index is 574. The molecule has 0 radical (unpaired) electrons. The van der Waals surface area contributed by atoms with E-state index < -0.39 is 11.7 Å². The number of anilines is 2. The molecule has 100 valence electrons. The molecule has 0 fully saturated rings. The summed E-state index contributed by atoms with van der Waals surface area (Å²) in [4.78, 5) is 8.13. The Labute approximate surface area is 108 Å². The van der Waals surface area contributed by atoms with Gasteiger partial charge in [0.05, 0.1) is 11.3 Å². The van der Waals surface area contributed by atoms with E-state index in [4.69, 9.17) is 0 Å². The molecular formula is C13H12F3N3. The van der Waals surface area contributed by atoms with Crippen molar-refractivity contribution < 1.29 is 13.2 Å².